The maximum atomic E-state index is 5.69. The predicted octanol–water partition coefficient (Wildman–Crippen LogP) is 2.34. The quantitative estimate of drug-likeness (QED) is 0.755. The van der Waals surface area contributed by atoms with Gasteiger partial charge in [0.15, 0.2) is 0 Å². The van der Waals surface area contributed by atoms with Crippen LogP contribution in [0.15, 0.2) is 0 Å². The fourth-order valence-corrected chi connectivity index (χ4v) is 1.56. The van der Waals surface area contributed by atoms with Gasteiger partial charge in [-0.15, -0.1) is 0 Å². The summed E-state index contributed by atoms with van der Waals surface area (Å²) in [6.07, 6.45) is 0. The Kier molecular flexibility index (Phi) is 5.10. The minimum absolute atomic E-state index is 0.331. The van der Waals surface area contributed by atoms with Gasteiger partial charge >= 0.3 is 0 Å². The van der Waals surface area contributed by atoms with E-state index in [0.717, 1.165) is 6.54 Å². The van der Waals surface area contributed by atoms with Gasteiger partial charge in [0.25, 0.3) is 0 Å². The summed E-state index contributed by atoms with van der Waals surface area (Å²) in [7, 11) is 2.20. The summed E-state index contributed by atoms with van der Waals surface area (Å²) >= 11 is 0. The molecule has 3 unspecified atom stereocenters. The molecule has 0 fully saturated rings. The van der Waals surface area contributed by atoms with Gasteiger partial charge in [0.1, 0.15) is 0 Å². The van der Waals surface area contributed by atoms with Crippen molar-refractivity contribution in [3.63, 3.8) is 0 Å². The van der Waals surface area contributed by atoms with Crippen LogP contribution in [0.3, 0.4) is 0 Å². The summed E-state index contributed by atoms with van der Waals surface area (Å²) in [6.45, 7) is 14.4. The molecule has 0 bridgehead atoms. The summed E-state index contributed by atoms with van der Waals surface area (Å²) in [5.41, 5.74) is 6.02. The maximum absolute atomic E-state index is 5.69. The zero-order valence-electron chi connectivity index (χ0n) is 11.0. The molecular weight excluding hydrogens is 172 g/mol. The van der Waals surface area contributed by atoms with E-state index in [0.29, 0.717) is 23.4 Å². The van der Waals surface area contributed by atoms with E-state index in [1.54, 1.807) is 0 Å². The second-order valence-corrected chi connectivity index (χ2v) is 5.66. The molecule has 2 nitrogen and oxygen atoms in total. The monoisotopic (exact) mass is 200 g/mol. The van der Waals surface area contributed by atoms with Crippen LogP contribution in [0.2, 0.25) is 0 Å². The molecule has 0 radical (unpaired) electrons. The summed E-state index contributed by atoms with van der Waals surface area (Å²) < 4.78 is 0. The lowest BCUT2D eigenvalue weighted by Crippen LogP contribution is -2.47. The average molecular weight is 200 g/mol. The summed E-state index contributed by atoms with van der Waals surface area (Å²) in [5.74, 6) is 0.560. The van der Waals surface area contributed by atoms with E-state index in [-0.39, 0.29) is 0 Å². The molecule has 3 atom stereocenters. The van der Waals surface area contributed by atoms with E-state index in [1.165, 1.54) is 0 Å². The third kappa shape index (κ3) is 3.58. The lowest BCUT2D eigenvalue weighted by Gasteiger charge is -2.40. The molecule has 2 heteroatoms. The van der Waals surface area contributed by atoms with Crippen molar-refractivity contribution >= 4 is 0 Å². The van der Waals surface area contributed by atoms with Gasteiger partial charge in [-0.25, -0.2) is 0 Å². The Morgan fingerprint density at radius 3 is 1.86 bits per heavy atom. The van der Waals surface area contributed by atoms with E-state index in [4.69, 9.17) is 5.73 Å². The normalized spacial score (nSPS) is 19.5. The van der Waals surface area contributed by atoms with E-state index >= 15 is 0 Å². The van der Waals surface area contributed by atoms with Crippen LogP contribution in [0.1, 0.15) is 41.5 Å². The minimum Gasteiger partial charge on any atom is -0.330 e. The van der Waals surface area contributed by atoms with E-state index < -0.39 is 0 Å². The molecule has 2 N–H and O–H groups in total. The third-order valence-corrected chi connectivity index (χ3v) is 3.70. The first-order chi connectivity index (χ1) is 6.21. The van der Waals surface area contributed by atoms with Crippen LogP contribution in [-0.2, 0) is 0 Å². The van der Waals surface area contributed by atoms with Crippen molar-refractivity contribution in [1.29, 1.82) is 0 Å². The fourth-order valence-electron chi connectivity index (χ4n) is 1.56. The Morgan fingerprint density at radius 1 is 1.14 bits per heavy atom. The van der Waals surface area contributed by atoms with Crippen molar-refractivity contribution in [1.82, 2.24) is 4.90 Å². The molecule has 0 aromatic heterocycles. The van der Waals surface area contributed by atoms with E-state index in [9.17, 15) is 0 Å². The van der Waals surface area contributed by atoms with Crippen molar-refractivity contribution in [2.45, 2.75) is 53.6 Å². The molecule has 0 spiro atoms. The van der Waals surface area contributed by atoms with Crippen LogP contribution in [0.5, 0.6) is 0 Å². The zero-order valence-corrected chi connectivity index (χ0v) is 11.0. The smallest absolute Gasteiger partial charge is 0.0115 e. The Morgan fingerprint density at radius 2 is 1.57 bits per heavy atom. The SMILES string of the molecule is CC(CN)C(C)N(C)C(C)C(C)(C)C. The van der Waals surface area contributed by atoms with Crippen LogP contribution < -0.4 is 5.73 Å². The number of nitrogens with two attached hydrogens (primary N) is 1. The highest BCUT2D eigenvalue weighted by molar-refractivity contribution is 4.82. The second-order valence-electron chi connectivity index (χ2n) is 5.66. The van der Waals surface area contributed by atoms with Crippen LogP contribution in [0.4, 0.5) is 0 Å². The molecule has 0 amide bonds. The molecule has 0 aliphatic carbocycles. The van der Waals surface area contributed by atoms with Gasteiger partial charge in [-0.05, 0) is 38.8 Å². The second kappa shape index (κ2) is 5.13. The lowest BCUT2D eigenvalue weighted by atomic mass is 9.85. The molecule has 14 heavy (non-hydrogen) atoms. The fraction of sp³-hybridized carbons (Fsp3) is 1.00. The first-order valence-corrected chi connectivity index (χ1v) is 5.63. The molecule has 86 valence electrons. The van der Waals surface area contributed by atoms with Crippen LogP contribution >= 0.6 is 0 Å². The Bertz CT molecular complexity index is 160. The molecule has 0 aromatic rings. The zero-order chi connectivity index (χ0) is 11.5. The van der Waals surface area contributed by atoms with Gasteiger partial charge < -0.3 is 10.6 Å². The highest BCUT2D eigenvalue weighted by Gasteiger charge is 2.28. The van der Waals surface area contributed by atoms with Gasteiger partial charge in [-0.2, -0.15) is 0 Å². The topological polar surface area (TPSA) is 29.3 Å². The molecule has 0 saturated heterocycles. The number of hydrogen-bond donors (Lipinski definition) is 1. The van der Waals surface area contributed by atoms with Crippen LogP contribution in [-0.4, -0.2) is 30.6 Å². The third-order valence-electron chi connectivity index (χ3n) is 3.70. The lowest BCUT2D eigenvalue weighted by molar-refractivity contribution is 0.0816. The molecule has 0 saturated carbocycles. The van der Waals surface area contributed by atoms with Crippen molar-refractivity contribution in [2.75, 3.05) is 13.6 Å². The average Bonchev–Trinajstić information content (AvgIpc) is 2.11. The highest BCUT2D eigenvalue weighted by Crippen LogP contribution is 2.25. The first kappa shape index (κ1) is 13.9. The van der Waals surface area contributed by atoms with Crippen molar-refractivity contribution in [3.05, 3.63) is 0 Å². The standard InChI is InChI=1S/C12H28N2/c1-9(8-13)10(2)14(7)11(3)12(4,5)6/h9-11H,8,13H2,1-7H3. The Labute approximate surface area is 89.9 Å². The molecule has 0 aromatic carbocycles. The first-order valence-electron chi connectivity index (χ1n) is 5.63. The van der Waals surface area contributed by atoms with Gasteiger partial charge in [0.05, 0.1) is 0 Å². The Hall–Kier alpha value is -0.0800. The minimum atomic E-state index is 0.331. The number of rotatable bonds is 4. The van der Waals surface area contributed by atoms with Gasteiger partial charge in [-0.3, -0.25) is 0 Å². The summed E-state index contributed by atoms with van der Waals surface area (Å²) in [5, 5.41) is 0. The van der Waals surface area contributed by atoms with E-state index in [1.807, 2.05) is 0 Å². The number of nitrogens with zero attached hydrogens (tertiary/aromatic N) is 1. The Balaban J connectivity index is 4.38. The van der Waals surface area contributed by atoms with Crippen molar-refractivity contribution in [3.8, 4) is 0 Å². The molecule has 0 aliphatic heterocycles. The molecular formula is C12H28N2. The molecule has 0 heterocycles. The molecule has 0 rings (SSSR count). The molecule has 0 aliphatic rings. The van der Waals surface area contributed by atoms with Crippen LogP contribution in [0, 0.1) is 11.3 Å². The summed E-state index contributed by atoms with van der Waals surface area (Å²) in [4.78, 5) is 2.44. The maximum Gasteiger partial charge on any atom is 0.0115 e. The highest BCUT2D eigenvalue weighted by atomic mass is 15.2. The van der Waals surface area contributed by atoms with Gasteiger partial charge in [0.2, 0.25) is 0 Å². The van der Waals surface area contributed by atoms with Crippen molar-refractivity contribution < 1.29 is 0 Å². The number of hydrogen-bond acceptors (Lipinski definition) is 2. The predicted molar refractivity (Wildman–Crippen MR) is 64.4 cm³/mol. The van der Waals surface area contributed by atoms with E-state index in [2.05, 4.69) is 53.5 Å². The van der Waals surface area contributed by atoms with Gasteiger partial charge in [0, 0.05) is 12.1 Å². The van der Waals surface area contributed by atoms with Gasteiger partial charge in [-0.1, -0.05) is 27.7 Å². The summed E-state index contributed by atoms with van der Waals surface area (Å²) in [6, 6.07) is 1.13. The largest absolute Gasteiger partial charge is 0.330 e. The van der Waals surface area contributed by atoms with Crippen molar-refractivity contribution in [2.24, 2.45) is 17.1 Å². The van der Waals surface area contributed by atoms with Crippen LogP contribution in [0.25, 0.3) is 0 Å².